The van der Waals surface area contributed by atoms with Crippen molar-refractivity contribution in [3.05, 3.63) is 162 Å². The van der Waals surface area contributed by atoms with Crippen LogP contribution >= 0.6 is 0 Å². The molecule has 0 N–H and O–H groups in total. The lowest BCUT2D eigenvalue weighted by Crippen LogP contribution is -2.06. The smallest absolute Gasteiger partial charge is 0.00680 e. The average molecular weight is 451 g/mol. The van der Waals surface area contributed by atoms with E-state index in [1.165, 1.54) is 44.5 Å². The zero-order chi connectivity index (χ0) is 24.0. The van der Waals surface area contributed by atoms with Crippen LogP contribution in [0.1, 0.15) is 35.6 Å². The van der Waals surface area contributed by atoms with Crippen LogP contribution < -0.4 is 0 Å². The minimum Gasteiger partial charge on any atom is -0.0955 e. The molecular weight excluding hydrogens is 420 g/mol. The molecule has 0 spiro atoms. The molecule has 0 bridgehead atoms. The van der Waals surface area contributed by atoms with Gasteiger partial charge in [-0.3, -0.25) is 0 Å². The molecule has 4 aromatic rings. The van der Waals surface area contributed by atoms with Crippen LogP contribution in [0.5, 0.6) is 0 Å². The van der Waals surface area contributed by atoms with Gasteiger partial charge in [0.05, 0.1) is 0 Å². The van der Waals surface area contributed by atoms with Crippen LogP contribution in [0.4, 0.5) is 0 Å². The standard InChI is InChI=1S/C35H30/c1-26(2)27-21-23-28(24-22-27)32-19-12-20-33(25-32)35(31-17-10-5-11-18-31)34(29-13-6-3-7-14-29)30-15-8-4-9-16-30/h3-17,19-25,31H,1,18H2,2H3. The molecule has 0 heterocycles. The number of hydrogen-bond acceptors (Lipinski definition) is 0. The highest BCUT2D eigenvalue weighted by Gasteiger charge is 2.21. The van der Waals surface area contributed by atoms with E-state index in [0.29, 0.717) is 5.92 Å². The average Bonchev–Trinajstić information content (AvgIpc) is 2.93. The molecule has 0 radical (unpaired) electrons. The molecule has 1 atom stereocenters. The minimum absolute atomic E-state index is 0.302. The Kier molecular flexibility index (Phi) is 6.73. The lowest BCUT2D eigenvalue weighted by molar-refractivity contribution is 0.844. The van der Waals surface area contributed by atoms with Gasteiger partial charge in [0, 0.05) is 5.92 Å². The summed E-state index contributed by atoms with van der Waals surface area (Å²) in [6.45, 7) is 6.12. The van der Waals surface area contributed by atoms with Gasteiger partial charge in [-0.25, -0.2) is 0 Å². The van der Waals surface area contributed by atoms with E-state index in [2.05, 4.69) is 140 Å². The quantitative estimate of drug-likeness (QED) is 0.257. The molecule has 1 aliphatic rings. The summed E-state index contributed by atoms with van der Waals surface area (Å²) in [5, 5.41) is 0. The second-order valence-electron chi connectivity index (χ2n) is 9.11. The Morgan fingerprint density at radius 3 is 1.83 bits per heavy atom. The Morgan fingerprint density at radius 2 is 1.26 bits per heavy atom. The van der Waals surface area contributed by atoms with Gasteiger partial charge in [-0.05, 0) is 63.9 Å². The Hall–Kier alpha value is -4.16. The van der Waals surface area contributed by atoms with Crippen molar-refractivity contribution in [3.8, 4) is 11.1 Å². The first-order valence-electron chi connectivity index (χ1n) is 12.3. The number of rotatable bonds is 6. The van der Waals surface area contributed by atoms with Crippen LogP contribution in [-0.4, -0.2) is 0 Å². The predicted octanol–water partition coefficient (Wildman–Crippen LogP) is 9.48. The van der Waals surface area contributed by atoms with Crippen LogP contribution in [0.2, 0.25) is 0 Å². The summed E-state index contributed by atoms with van der Waals surface area (Å²) in [6.07, 6.45) is 9.95. The van der Waals surface area contributed by atoms with Crippen molar-refractivity contribution in [1.82, 2.24) is 0 Å². The fraction of sp³-hybridized carbons (Fsp3) is 0.0857. The van der Waals surface area contributed by atoms with Crippen molar-refractivity contribution >= 4 is 16.7 Å². The zero-order valence-corrected chi connectivity index (χ0v) is 20.2. The van der Waals surface area contributed by atoms with E-state index < -0.39 is 0 Å². The maximum absolute atomic E-state index is 4.08. The van der Waals surface area contributed by atoms with E-state index in [1.807, 2.05) is 6.92 Å². The fourth-order valence-electron chi connectivity index (χ4n) is 4.84. The van der Waals surface area contributed by atoms with Gasteiger partial charge in [-0.2, -0.15) is 0 Å². The van der Waals surface area contributed by atoms with Crippen molar-refractivity contribution in [1.29, 1.82) is 0 Å². The molecule has 0 heteroatoms. The summed E-state index contributed by atoms with van der Waals surface area (Å²) in [5.74, 6) is 0.302. The Labute approximate surface area is 209 Å². The number of benzene rings is 4. The molecule has 1 aliphatic carbocycles. The minimum atomic E-state index is 0.302. The van der Waals surface area contributed by atoms with E-state index in [-0.39, 0.29) is 0 Å². The third kappa shape index (κ3) is 5.03. The first kappa shape index (κ1) is 22.6. The van der Waals surface area contributed by atoms with Gasteiger partial charge in [0.2, 0.25) is 0 Å². The summed E-state index contributed by atoms with van der Waals surface area (Å²) in [4.78, 5) is 0. The van der Waals surface area contributed by atoms with E-state index in [4.69, 9.17) is 0 Å². The van der Waals surface area contributed by atoms with Gasteiger partial charge in [-0.1, -0.05) is 140 Å². The number of hydrogen-bond donors (Lipinski definition) is 0. The van der Waals surface area contributed by atoms with Crippen LogP contribution in [0.15, 0.2) is 140 Å². The van der Waals surface area contributed by atoms with E-state index in [0.717, 1.165) is 12.0 Å². The van der Waals surface area contributed by atoms with Crippen LogP contribution in [0.25, 0.3) is 27.8 Å². The summed E-state index contributed by atoms with van der Waals surface area (Å²) in [5.41, 5.74) is 11.1. The highest BCUT2D eigenvalue weighted by Crippen LogP contribution is 2.40. The summed E-state index contributed by atoms with van der Waals surface area (Å²) < 4.78 is 0. The molecular formula is C35H30. The van der Waals surface area contributed by atoms with Crippen molar-refractivity contribution in [3.63, 3.8) is 0 Å². The van der Waals surface area contributed by atoms with Crippen LogP contribution in [0, 0.1) is 5.92 Å². The third-order valence-electron chi connectivity index (χ3n) is 6.63. The molecule has 4 aromatic carbocycles. The lowest BCUT2D eigenvalue weighted by Gasteiger charge is -2.24. The molecule has 0 nitrogen and oxygen atoms in total. The molecule has 0 aromatic heterocycles. The molecule has 0 saturated heterocycles. The highest BCUT2D eigenvalue weighted by molar-refractivity contribution is 6.00. The van der Waals surface area contributed by atoms with Crippen molar-refractivity contribution in [2.24, 2.45) is 5.92 Å². The largest absolute Gasteiger partial charge is 0.0955 e. The van der Waals surface area contributed by atoms with Gasteiger partial charge >= 0.3 is 0 Å². The van der Waals surface area contributed by atoms with Gasteiger partial charge in [0.1, 0.15) is 0 Å². The summed E-state index contributed by atoms with van der Waals surface area (Å²) >= 11 is 0. The SMILES string of the molecule is C=C(C)c1ccc(-c2cccc(C(=C(c3ccccc3)c3ccccc3)C3C=CC=CC3)c2)cc1. The monoisotopic (exact) mass is 450 g/mol. The topological polar surface area (TPSA) is 0 Å². The van der Waals surface area contributed by atoms with Crippen molar-refractivity contribution in [2.45, 2.75) is 13.3 Å². The van der Waals surface area contributed by atoms with Gasteiger partial charge in [0.15, 0.2) is 0 Å². The first-order valence-corrected chi connectivity index (χ1v) is 12.3. The van der Waals surface area contributed by atoms with Gasteiger partial charge < -0.3 is 0 Å². The first-order chi connectivity index (χ1) is 17.2. The molecule has 0 fully saturated rings. The number of allylic oxidation sites excluding steroid dienone is 6. The van der Waals surface area contributed by atoms with Gasteiger partial charge in [-0.15, -0.1) is 0 Å². The second kappa shape index (κ2) is 10.4. The molecule has 0 aliphatic heterocycles. The van der Waals surface area contributed by atoms with Crippen molar-refractivity contribution in [2.75, 3.05) is 0 Å². The Morgan fingerprint density at radius 1 is 0.629 bits per heavy atom. The Balaban J connectivity index is 1.72. The van der Waals surface area contributed by atoms with Crippen molar-refractivity contribution < 1.29 is 0 Å². The van der Waals surface area contributed by atoms with Gasteiger partial charge in [0.25, 0.3) is 0 Å². The maximum Gasteiger partial charge on any atom is 0.00680 e. The molecule has 0 amide bonds. The van der Waals surface area contributed by atoms with E-state index in [9.17, 15) is 0 Å². The second-order valence-corrected chi connectivity index (χ2v) is 9.11. The molecule has 0 saturated carbocycles. The van der Waals surface area contributed by atoms with Crippen LogP contribution in [-0.2, 0) is 0 Å². The van der Waals surface area contributed by atoms with E-state index >= 15 is 0 Å². The van der Waals surface area contributed by atoms with Crippen LogP contribution in [0.3, 0.4) is 0 Å². The zero-order valence-electron chi connectivity index (χ0n) is 20.2. The third-order valence-corrected chi connectivity index (χ3v) is 6.63. The Bertz CT molecular complexity index is 1360. The molecule has 35 heavy (non-hydrogen) atoms. The highest BCUT2D eigenvalue weighted by atomic mass is 14.2. The molecule has 1 unspecified atom stereocenters. The maximum atomic E-state index is 4.08. The molecule has 170 valence electrons. The lowest BCUT2D eigenvalue weighted by atomic mass is 9.79. The summed E-state index contributed by atoms with van der Waals surface area (Å²) in [6, 6.07) is 39.3. The normalized spacial score (nSPS) is 14.5. The fourth-order valence-corrected chi connectivity index (χ4v) is 4.84. The predicted molar refractivity (Wildman–Crippen MR) is 152 cm³/mol. The van der Waals surface area contributed by atoms with E-state index in [1.54, 1.807) is 0 Å². The molecule has 5 rings (SSSR count). The summed E-state index contributed by atoms with van der Waals surface area (Å²) in [7, 11) is 0.